The van der Waals surface area contributed by atoms with E-state index in [4.69, 9.17) is 0 Å². The summed E-state index contributed by atoms with van der Waals surface area (Å²) < 4.78 is 4.39. The molecule has 144 valence electrons. The molecule has 0 N–H and O–H groups in total. The summed E-state index contributed by atoms with van der Waals surface area (Å²) in [4.78, 5) is 0. The van der Waals surface area contributed by atoms with Crippen molar-refractivity contribution in [3.63, 3.8) is 0 Å². The molecule has 2 aromatic carbocycles. The molecule has 0 saturated carbocycles. The maximum atomic E-state index is 2.49. The molecule has 0 atom stereocenters. The first-order valence-corrected chi connectivity index (χ1v) is 14.7. The quantitative estimate of drug-likeness (QED) is 0.430. The summed E-state index contributed by atoms with van der Waals surface area (Å²) in [7, 11) is 0. The molecule has 0 spiro atoms. The number of allylic oxidation sites excluding steroid dienone is 4. The standard InChI is InChI=1S/C13H9.C9H18.C5H5.Zr/c1-3-7-12-10(5-1)9-11-6-2-4-8-13(11)12;1-8(2)6-5-7-9(3)4;1-2-4-5-3-1;/h1-9H;8-9H,6-7H2,1-4H3;1-3H,4H2;. The zero-order valence-electron chi connectivity index (χ0n) is 17.7. The average Bonchev–Trinajstić information content (AvgIpc) is 3.29. The van der Waals surface area contributed by atoms with Gasteiger partial charge in [0.15, 0.2) is 0 Å². The molecule has 0 amide bonds. The Labute approximate surface area is 178 Å². The second-order valence-electron chi connectivity index (χ2n) is 9.14. The summed E-state index contributed by atoms with van der Waals surface area (Å²) >= 11 is -2.09. The Morgan fingerprint density at radius 1 is 0.857 bits per heavy atom. The SMILES string of the molecule is CC(C)C[C](CC(C)C)=[Zr]([C]1=CC=CC1)[CH]1c2ccccc2-c2ccccc21. The molecule has 0 fully saturated rings. The van der Waals surface area contributed by atoms with Crippen LogP contribution in [-0.2, 0) is 21.3 Å². The fourth-order valence-corrected chi connectivity index (χ4v) is 15.4. The van der Waals surface area contributed by atoms with Crippen LogP contribution in [0, 0.1) is 11.8 Å². The van der Waals surface area contributed by atoms with Crippen molar-refractivity contribution < 1.29 is 21.3 Å². The van der Waals surface area contributed by atoms with Crippen molar-refractivity contribution in [3.8, 4) is 11.1 Å². The number of fused-ring (bicyclic) bond motifs is 3. The van der Waals surface area contributed by atoms with E-state index in [1.807, 2.05) is 3.21 Å². The molecule has 1 heteroatoms. The second-order valence-corrected chi connectivity index (χ2v) is 15.9. The third-order valence-corrected chi connectivity index (χ3v) is 14.4. The summed E-state index contributed by atoms with van der Waals surface area (Å²) in [5.41, 5.74) is 6.19. The Bertz CT molecular complexity index is 898. The molecule has 0 saturated heterocycles. The summed E-state index contributed by atoms with van der Waals surface area (Å²) in [6, 6.07) is 18.5. The Balaban J connectivity index is 1.96. The van der Waals surface area contributed by atoms with E-state index in [1.165, 1.54) is 30.4 Å². The average molecular weight is 448 g/mol. The number of benzene rings is 2. The zero-order chi connectivity index (χ0) is 19.7. The van der Waals surface area contributed by atoms with Gasteiger partial charge in [-0.1, -0.05) is 0 Å². The van der Waals surface area contributed by atoms with E-state index in [1.54, 1.807) is 14.4 Å². The number of rotatable bonds is 6. The molecule has 0 bridgehead atoms. The Morgan fingerprint density at radius 2 is 1.39 bits per heavy atom. The first kappa shape index (κ1) is 20.0. The number of hydrogen-bond acceptors (Lipinski definition) is 0. The van der Waals surface area contributed by atoms with Gasteiger partial charge in [-0.3, -0.25) is 0 Å². The van der Waals surface area contributed by atoms with Gasteiger partial charge in [-0.15, -0.1) is 0 Å². The van der Waals surface area contributed by atoms with Crippen LogP contribution in [0.1, 0.15) is 61.7 Å². The van der Waals surface area contributed by atoms with Crippen molar-refractivity contribution in [2.45, 2.75) is 50.6 Å². The van der Waals surface area contributed by atoms with Crippen LogP contribution in [0.2, 0.25) is 0 Å². The summed E-state index contributed by atoms with van der Waals surface area (Å²) in [5, 5.41) is 0. The van der Waals surface area contributed by atoms with Gasteiger partial charge in [-0.2, -0.15) is 0 Å². The minimum atomic E-state index is -2.09. The number of hydrogen-bond donors (Lipinski definition) is 0. The molecular formula is C27H32Zr. The summed E-state index contributed by atoms with van der Waals surface area (Å²) in [6.45, 7) is 9.61. The van der Waals surface area contributed by atoms with E-state index < -0.39 is 21.3 Å². The first-order valence-electron chi connectivity index (χ1n) is 10.8. The predicted octanol–water partition coefficient (Wildman–Crippen LogP) is 7.48. The van der Waals surface area contributed by atoms with Gasteiger partial charge in [0.25, 0.3) is 0 Å². The van der Waals surface area contributed by atoms with E-state index in [0.717, 1.165) is 11.8 Å². The van der Waals surface area contributed by atoms with E-state index >= 15 is 0 Å². The molecule has 0 unspecified atom stereocenters. The van der Waals surface area contributed by atoms with Gasteiger partial charge in [0, 0.05) is 0 Å². The Hall–Kier alpha value is -1.33. The fourth-order valence-electron chi connectivity index (χ4n) is 5.02. The molecule has 0 radical (unpaired) electrons. The van der Waals surface area contributed by atoms with Crippen LogP contribution in [-0.4, -0.2) is 3.21 Å². The summed E-state index contributed by atoms with van der Waals surface area (Å²) in [5.74, 6) is 1.48. The van der Waals surface area contributed by atoms with Gasteiger partial charge >= 0.3 is 179 Å². The van der Waals surface area contributed by atoms with Crippen molar-refractivity contribution in [1.82, 2.24) is 0 Å². The van der Waals surface area contributed by atoms with Crippen LogP contribution in [0.25, 0.3) is 11.1 Å². The molecule has 4 rings (SSSR count). The van der Waals surface area contributed by atoms with Gasteiger partial charge in [0.05, 0.1) is 0 Å². The second kappa shape index (κ2) is 8.58. The first-order chi connectivity index (χ1) is 13.6. The van der Waals surface area contributed by atoms with Gasteiger partial charge in [-0.25, -0.2) is 0 Å². The van der Waals surface area contributed by atoms with E-state index in [0.29, 0.717) is 3.63 Å². The van der Waals surface area contributed by atoms with E-state index in [-0.39, 0.29) is 0 Å². The molecule has 2 aromatic rings. The van der Waals surface area contributed by atoms with Crippen LogP contribution in [0.15, 0.2) is 70.0 Å². The van der Waals surface area contributed by atoms with Gasteiger partial charge in [-0.05, 0) is 0 Å². The maximum absolute atomic E-state index is 2.49. The Morgan fingerprint density at radius 3 is 1.86 bits per heavy atom. The molecule has 2 aliphatic carbocycles. The third kappa shape index (κ3) is 3.88. The van der Waals surface area contributed by atoms with Crippen molar-refractivity contribution in [2.24, 2.45) is 11.8 Å². The van der Waals surface area contributed by atoms with E-state index in [9.17, 15) is 0 Å². The molecule has 28 heavy (non-hydrogen) atoms. The van der Waals surface area contributed by atoms with Crippen molar-refractivity contribution in [3.05, 3.63) is 81.2 Å². The van der Waals surface area contributed by atoms with Crippen LogP contribution in [0.5, 0.6) is 0 Å². The van der Waals surface area contributed by atoms with Crippen LogP contribution >= 0.6 is 0 Å². The van der Waals surface area contributed by atoms with Crippen molar-refractivity contribution >= 4 is 3.21 Å². The molecule has 0 aromatic heterocycles. The van der Waals surface area contributed by atoms with Crippen molar-refractivity contribution in [2.75, 3.05) is 0 Å². The van der Waals surface area contributed by atoms with Crippen LogP contribution in [0.4, 0.5) is 0 Å². The van der Waals surface area contributed by atoms with Gasteiger partial charge in [0.1, 0.15) is 0 Å². The predicted molar refractivity (Wildman–Crippen MR) is 119 cm³/mol. The molecule has 0 heterocycles. The minimum absolute atomic E-state index is 0.647. The van der Waals surface area contributed by atoms with Crippen molar-refractivity contribution in [1.29, 1.82) is 0 Å². The van der Waals surface area contributed by atoms with E-state index in [2.05, 4.69) is 94.5 Å². The molecular weight excluding hydrogens is 416 g/mol. The Kier molecular flexibility index (Phi) is 6.12. The molecule has 2 aliphatic rings. The van der Waals surface area contributed by atoms with Gasteiger partial charge < -0.3 is 0 Å². The topological polar surface area (TPSA) is 0 Å². The molecule has 0 nitrogen and oxygen atoms in total. The normalized spacial score (nSPS) is 15.1. The van der Waals surface area contributed by atoms with Gasteiger partial charge in [0.2, 0.25) is 0 Å². The third-order valence-electron chi connectivity index (χ3n) is 5.93. The fraction of sp³-hybridized carbons (Fsp3) is 0.370. The zero-order valence-corrected chi connectivity index (χ0v) is 20.2. The molecule has 0 aliphatic heterocycles. The summed E-state index contributed by atoms with van der Waals surface area (Å²) in [6.07, 6.45) is 11.0. The van der Waals surface area contributed by atoms with Crippen LogP contribution < -0.4 is 0 Å². The monoisotopic (exact) mass is 446 g/mol. The van der Waals surface area contributed by atoms with Crippen LogP contribution in [0.3, 0.4) is 0 Å².